The zero-order chi connectivity index (χ0) is 20.8. The lowest BCUT2D eigenvalue weighted by molar-refractivity contribution is 0.415. The van der Waals surface area contributed by atoms with Gasteiger partial charge in [-0.05, 0) is 42.8 Å². The number of carbonyl (C=O) groups excluding carboxylic acids is 1. The normalized spacial score (nSPS) is 14.0. The molecule has 0 amide bonds. The number of ether oxygens (including phenoxy) is 1. The molecule has 0 saturated carbocycles. The Morgan fingerprint density at radius 2 is 1.90 bits per heavy atom. The van der Waals surface area contributed by atoms with Gasteiger partial charge < -0.3 is 19.7 Å². The van der Waals surface area contributed by atoms with Crippen molar-refractivity contribution in [1.82, 2.24) is 14.8 Å². The van der Waals surface area contributed by atoms with E-state index in [9.17, 15) is 4.79 Å². The van der Waals surface area contributed by atoms with E-state index in [-0.39, 0.29) is 0 Å². The summed E-state index contributed by atoms with van der Waals surface area (Å²) in [6.07, 6.45) is 3.69. The molecule has 1 aliphatic rings. The lowest BCUT2D eigenvalue weighted by Gasteiger charge is -2.23. The molecular formula is C23H22BN4O2. The molecule has 30 heavy (non-hydrogen) atoms. The van der Waals surface area contributed by atoms with E-state index < -0.39 is 0 Å². The predicted octanol–water partition coefficient (Wildman–Crippen LogP) is 3.79. The molecule has 2 aromatic carbocycles. The molecule has 0 unspecified atom stereocenters. The Kier molecular flexibility index (Phi) is 6.20. The molecule has 0 aliphatic carbocycles. The highest BCUT2D eigenvalue weighted by atomic mass is 16.5. The Morgan fingerprint density at radius 1 is 1.10 bits per heavy atom. The molecule has 0 saturated heterocycles. The van der Waals surface area contributed by atoms with Crippen LogP contribution >= 0.6 is 0 Å². The van der Waals surface area contributed by atoms with E-state index >= 15 is 0 Å². The van der Waals surface area contributed by atoms with E-state index in [4.69, 9.17) is 14.7 Å². The van der Waals surface area contributed by atoms with E-state index in [1.54, 1.807) is 14.5 Å². The molecule has 1 radical (unpaired) electrons. The first kappa shape index (κ1) is 19.9. The first-order valence-electron chi connectivity index (χ1n) is 9.83. The maximum absolute atomic E-state index is 10.7. The number of methoxy groups -OCH3 is 1. The van der Waals surface area contributed by atoms with E-state index in [1.807, 2.05) is 65.5 Å². The molecule has 0 atom stereocenters. The van der Waals surface area contributed by atoms with Crippen LogP contribution in [0.15, 0.2) is 66.7 Å². The molecule has 149 valence electrons. The Balaban J connectivity index is 1.67. The van der Waals surface area contributed by atoms with Gasteiger partial charge in [0.15, 0.2) is 5.82 Å². The van der Waals surface area contributed by atoms with Crippen molar-refractivity contribution in [1.29, 1.82) is 0 Å². The summed E-state index contributed by atoms with van der Waals surface area (Å²) in [7, 11) is 3.22. The fourth-order valence-electron chi connectivity index (χ4n) is 3.34. The summed E-state index contributed by atoms with van der Waals surface area (Å²) in [5, 5.41) is 3.38. The van der Waals surface area contributed by atoms with Gasteiger partial charge in [0.25, 0.3) is 7.41 Å². The number of benzene rings is 2. The van der Waals surface area contributed by atoms with Gasteiger partial charge in [0.1, 0.15) is 11.6 Å². The summed E-state index contributed by atoms with van der Waals surface area (Å²) in [6, 6.07) is 19.8. The number of aromatic nitrogens is 2. The zero-order valence-corrected chi connectivity index (χ0v) is 16.8. The third-order valence-electron chi connectivity index (χ3n) is 4.96. The highest BCUT2D eigenvalue weighted by molar-refractivity contribution is 6.64. The van der Waals surface area contributed by atoms with Crippen LogP contribution in [0.5, 0.6) is 5.75 Å². The van der Waals surface area contributed by atoms with Crippen LogP contribution in [0.4, 0.5) is 11.5 Å². The van der Waals surface area contributed by atoms with Crippen molar-refractivity contribution in [3.63, 3.8) is 0 Å². The molecule has 6 nitrogen and oxygen atoms in total. The second-order valence-corrected chi connectivity index (χ2v) is 6.94. The Bertz CT molecular complexity index is 1040. The van der Waals surface area contributed by atoms with Gasteiger partial charge >= 0.3 is 0 Å². The van der Waals surface area contributed by atoms with Gasteiger partial charge in [-0.15, -0.1) is 0 Å². The number of nitrogens with one attached hydrogen (secondary N) is 1. The van der Waals surface area contributed by atoms with Crippen LogP contribution in [0.2, 0.25) is 0 Å². The van der Waals surface area contributed by atoms with Crippen LogP contribution in [0, 0.1) is 0 Å². The smallest absolute Gasteiger partial charge is 0.293 e. The van der Waals surface area contributed by atoms with Crippen LogP contribution in [0.25, 0.3) is 16.8 Å². The van der Waals surface area contributed by atoms with Crippen molar-refractivity contribution in [3.8, 4) is 17.0 Å². The van der Waals surface area contributed by atoms with Crippen molar-refractivity contribution in [3.05, 3.63) is 72.6 Å². The molecule has 0 bridgehead atoms. The molecule has 1 N–H and O–H groups in total. The van der Waals surface area contributed by atoms with Crippen molar-refractivity contribution in [2.24, 2.45) is 0 Å². The van der Waals surface area contributed by atoms with Gasteiger partial charge in [-0.3, -0.25) is 0 Å². The van der Waals surface area contributed by atoms with Gasteiger partial charge in [-0.25, -0.2) is 9.97 Å². The van der Waals surface area contributed by atoms with Crippen LogP contribution < -0.4 is 10.1 Å². The third-order valence-corrected chi connectivity index (χ3v) is 4.96. The van der Waals surface area contributed by atoms with E-state index in [1.165, 1.54) is 0 Å². The first-order valence-corrected chi connectivity index (χ1v) is 9.83. The molecule has 3 aromatic rings. The minimum absolute atomic E-state index is 0.675. The summed E-state index contributed by atoms with van der Waals surface area (Å²) in [5.41, 5.74) is 3.90. The minimum Gasteiger partial charge on any atom is -0.497 e. The van der Waals surface area contributed by atoms with E-state index in [0.717, 1.165) is 53.2 Å². The lowest BCUT2D eigenvalue weighted by atomic mass is 9.91. The largest absolute Gasteiger partial charge is 0.497 e. The second-order valence-electron chi connectivity index (χ2n) is 6.94. The minimum atomic E-state index is 0.675. The summed E-state index contributed by atoms with van der Waals surface area (Å²) in [4.78, 5) is 22.3. The SMILES string of the molecule is COc1ccc(Nc2cc(-c3ccccc3)nc(C3=CCN([B]C=O)CC3)n2)cc1. The molecule has 1 aromatic heterocycles. The van der Waals surface area contributed by atoms with Crippen molar-refractivity contribution >= 4 is 30.7 Å². The number of hydrogen-bond acceptors (Lipinski definition) is 6. The van der Waals surface area contributed by atoms with Crippen LogP contribution in [0.1, 0.15) is 12.2 Å². The molecule has 1 aliphatic heterocycles. The van der Waals surface area contributed by atoms with Gasteiger partial charge in [-0.1, -0.05) is 36.4 Å². The molecular weight excluding hydrogens is 375 g/mol. The lowest BCUT2D eigenvalue weighted by Crippen LogP contribution is -2.33. The van der Waals surface area contributed by atoms with Gasteiger partial charge in [0.05, 0.1) is 19.0 Å². The summed E-state index contributed by atoms with van der Waals surface area (Å²) >= 11 is 0. The highest BCUT2D eigenvalue weighted by Gasteiger charge is 2.17. The fourth-order valence-corrected chi connectivity index (χ4v) is 3.34. The Morgan fingerprint density at radius 3 is 2.57 bits per heavy atom. The van der Waals surface area contributed by atoms with Crippen LogP contribution in [0.3, 0.4) is 0 Å². The van der Waals surface area contributed by atoms with Gasteiger partial charge in [0, 0.05) is 23.9 Å². The van der Waals surface area contributed by atoms with Crippen molar-refractivity contribution in [2.75, 3.05) is 25.5 Å². The predicted molar refractivity (Wildman–Crippen MR) is 120 cm³/mol. The fraction of sp³-hybridized carbons (Fsp3) is 0.174. The third kappa shape index (κ3) is 4.75. The van der Waals surface area contributed by atoms with Gasteiger partial charge in [-0.2, -0.15) is 0 Å². The number of hydrogen-bond donors (Lipinski definition) is 1. The summed E-state index contributed by atoms with van der Waals surface area (Å²) in [6.45, 7) is 1.44. The van der Waals surface area contributed by atoms with Crippen LogP contribution in [-0.4, -0.2) is 48.6 Å². The number of rotatable bonds is 7. The average Bonchev–Trinajstić information content (AvgIpc) is 2.81. The monoisotopic (exact) mass is 397 g/mol. The molecule has 2 heterocycles. The van der Waals surface area contributed by atoms with E-state index in [0.29, 0.717) is 12.4 Å². The first-order chi connectivity index (χ1) is 14.7. The quantitative estimate of drug-likeness (QED) is 0.483. The topological polar surface area (TPSA) is 67.3 Å². The highest BCUT2D eigenvalue weighted by Crippen LogP contribution is 2.27. The van der Waals surface area contributed by atoms with Crippen LogP contribution in [-0.2, 0) is 4.79 Å². The molecule has 4 rings (SSSR count). The number of carbonyl (C=O) groups is 1. The van der Waals surface area contributed by atoms with Crippen molar-refractivity contribution in [2.45, 2.75) is 6.42 Å². The molecule has 0 fully saturated rings. The zero-order valence-electron chi connectivity index (χ0n) is 16.8. The number of anilines is 2. The maximum atomic E-state index is 10.7. The summed E-state index contributed by atoms with van der Waals surface area (Å²) < 4.78 is 5.23. The Hall–Kier alpha value is -3.45. The average molecular weight is 397 g/mol. The summed E-state index contributed by atoms with van der Waals surface area (Å²) in [5.74, 6) is 2.24. The van der Waals surface area contributed by atoms with Gasteiger partial charge in [0.2, 0.25) is 0 Å². The van der Waals surface area contributed by atoms with E-state index in [2.05, 4.69) is 11.4 Å². The number of nitrogens with zero attached hydrogens (tertiary/aromatic N) is 3. The standard InChI is InChI=1S/C23H22BN4O2/c1-30-20-9-7-19(8-10-20)25-22-15-21(17-5-3-2-4-6-17)26-23(27-22)18-11-13-28(14-12-18)24-16-29/h2-11,15-16H,12-14H2,1H3,(H,25,26,27). The maximum Gasteiger partial charge on any atom is 0.293 e. The molecule has 7 heteroatoms. The van der Waals surface area contributed by atoms with Crippen molar-refractivity contribution < 1.29 is 9.53 Å². The Labute approximate surface area is 176 Å². The second kappa shape index (κ2) is 9.37. The molecule has 0 spiro atoms.